The first-order valence-corrected chi connectivity index (χ1v) is 6.90. The zero-order valence-electron chi connectivity index (χ0n) is 10.9. The summed E-state index contributed by atoms with van der Waals surface area (Å²) in [7, 11) is 0. The molecule has 1 aliphatic heterocycles. The maximum Gasteiger partial charge on any atom is 0.0641 e. The summed E-state index contributed by atoms with van der Waals surface area (Å²) < 4.78 is 5.74. The maximum atomic E-state index is 6.68. The molecule has 0 aliphatic carbocycles. The van der Waals surface area contributed by atoms with Crippen LogP contribution in [0.25, 0.3) is 0 Å². The number of ether oxygens (including phenoxy) is 1. The van der Waals surface area contributed by atoms with Gasteiger partial charge in [0.1, 0.15) is 0 Å². The van der Waals surface area contributed by atoms with Crippen LogP contribution in [0.3, 0.4) is 0 Å². The average molecular weight is 253 g/mol. The SMILES string of the molecule is CCC1OCCC1C(Cl)c1cc(C)ccc1C. The van der Waals surface area contributed by atoms with E-state index in [0.717, 1.165) is 19.4 Å². The van der Waals surface area contributed by atoms with Crippen molar-refractivity contribution in [1.82, 2.24) is 0 Å². The summed E-state index contributed by atoms with van der Waals surface area (Å²) in [5, 5.41) is 0.0855. The minimum Gasteiger partial charge on any atom is -0.378 e. The second kappa shape index (κ2) is 5.41. The number of aryl methyl sites for hydroxylation is 2. The molecule has 0 saturated carbocycles. The summed E-state index contributed by atoms with van der Waals surface area (Å²) in [6.07, 6.45) is 2.47. The van der Waals surface area contributed by atoms with Gasteiger partial charge in [0.25, 0.3) is 0 Å². The monoisotopic (exact) mass is 252 g/mol. The minimum atomic E-state index is 0.0855. The van der Waals surface area contributed by atoms with E-state index in [1.54, 1.807) is 0 Å². The van der Waals surface area contributed by atoms with Crippen molar-refractivity contribution in [3.05, 3.63) is 34.9 Å². The lowest BCUT2D eigenvalue weighted by molar-refractivity contribution is 0.0864. The van der Waals surface area contributed by atoms with E-state index in [-0.39, 0.29) is 5.38 Å². The summed E-state index contributed by atoms with van der Waals surface area (Å²) >= 11 is 6.68. The molecule has 3 atom stereocenters. The van der Waals surface area contributed by atoms with Crippen molar-refractivity contribution in [2.45, 2.75) is 45.1 Å². The second-order valence-electron chi connectivity index (χ2n) is 5.03. The highest BCUT2D eigenvalue weighted by Gasteiger charge is 2.33. The van der Waals surface area contributed by atoms with Gasteiger partial charge >= 0.3 is 0 Å². The van der Waals surface area contributed by atoms with Gasteiger partial charge < -0.3 is 4.74 Å². The lowest BCUT2D eigenvalue weighted by Gasteiger charge is -2.24. The topological polar surface area (TPSA) is 9.23 Å². The molecule has 2 heteroatoms. The summed E-state index contributed by atoms with van der Waals surface area (Å²) in [6.45, 7) is 7.29. The quantitative estimate of drug-likeness (QED) is 0.725. The third kappa shape index (κ3) is 2.66. The van der Waals surface area contributed by atoms with Crippen LogP contribution in [0.15, 0.2) is 18.2 Å². The highest BCUT2D eigenvalue weighted by molar-refractivity contribution is 6.21. The predicted octanol–water partition coefficient (Wildman–Crippen LogP) is 4.40. The second-order valence-corrected chi connectivity index (χ2v) is 5.50. The van der Waals surface area contributed by atoms with Crippen LogP contribution in [-0.2, 0) is 4.74 Å². The van der Waals surface area contributed by atoms with Gasteiger partial charge in [-0.05, 0) is 37.8 Å². The van der Waals surface area contributed by atoms with Crippen LogP contribution < -0.4 is 0 Å². The highest BCUT2D eigenvalue weighted by Crippen LogP contribution is 2.40. The van der Waals surface area contributed by atoms with Crippen molar-refractivity contribution >= 4 is 11.6 Å². The fraction of sp³-hybridized carbons (Fsp3) is 0.600. The Bertz CT molecular complexity index is 389. The van der Waals surface area contributed by atoms with Crippen LogP contribution >= 0.6 is 11.6 Å². The molecule has 1 heterocycles. The zero-order valence-corrected chi connectivity index (χ0v) is 11.6. The molecule has 94 valence electrons. The van der Waals surface area contributed by atoms with E-state index in [4.69, 9.17) is 16.3 Å². The van der Waals surface area contributed by atoms with Gasteiger partial charge in [-0.25, -0.2) is 0 Å². The van der Waals surface area contributed by atoms with Crippen molar-refractivity contribution in [2.24, 2.45) is 5.92 Å². The molecule has 17 heavy (non-hydrogen) atoms. The van der Waals surface area contributed by atoms with Gasteiger partial charge in [-0.2, -0.15) is 0 Å². The Morgan fingerprint density at radius 2 is 2.18 bits per heavy atom. The summed E-state index contributed by atoms with van der Waals surface area (Å²) in [5.41, 5.74) is 3.85. The van der Waals surface area contributed by atoms with Crippen LogP contribution in [-0.4, -0.2) is 12.7 Å². The Labute approximate surface area is 109 Å². The maximum absolute atomic E-state index is 6.68. The zero-order chi connectivity index (χ0) is 12.4. The molecule has 0 bridgehead atoms. The van der Waals surface area contributed by atoms with Crippen LogP contribution in [0, 0.1) is 19.8 Å². The first-order chi connectivity index (χ1) is 8.13. The molecule has 0 spiro atoms. The number of rotatable bonds is 3. The molecule has 0 N–H and O–H groups in total. The van der Waals surface area contributed by atoms with Crippen LogP contribution in [0.4, 0.5) is 0 Å². The predicted molar refractivity (Wildman–Crippen MR) is 72.6 cm³/mol. The Hall–Kier alpha value is -0.530. The standard InChI is InChI=1S/C15H21ClO/c1-4-14-12(7-8-17-14)15(16)13-9-10(2)5-6-11(13)3/h5-6,9,12,14-15H,4,7-8H2,1-3H3. The lowest BCUT2D eigenvalue weighted by atomic mass is 9.89. The molecule has 3 unspecified atom stereocenters. The van der Waals surface area contributed by atoms with Gasteiger partial charge in [-0.15, -0.1) is 11.6 Å². The Balaban J connectivity index is 2.24. The van der Waals surface area contributed by atoms with E-state index in [1.165, 1.54) is 16.7 Å². The number of hydrogen-bond donors (Lipinski definition) is 0. The molecule has 1 aliphatic rings. The fourth-order valence-corrected chi connectivity index (χ4v) is 3.23. The summed E-state index contributed by atoms with van der Waals surface area (Å²) in [5.74, 6) is 0.460. The smallest absolute Gasteiger partial charge is 0.0641 e. The molecule has 1 aromatic rings. The first-order valence-electron chi connectivity index (χ1n) is 6.46. The molecular weight excluding hydrogens is 232 g/mol. The Morgan fingerprint density at radius 1 is 1.41 bits per heavy atom. The molecular formula is C15H21ClO. The van der Waals surface area contributed by atoms with Crippen LogP contribution in [0.2, 0.25) is 0 Å². The Morgan fingerprint density at radius 3 is 2.88 bits per heavy atom. The van der Waals surface area contributed by atoms with Crippen LogP contribution in [0.5, 0.6) is 0 Å². The van der Waals surface area contributed by atoms with Gasteiger partial charge in [0, 0.05) is 12.5 Å². The number of alkyl halides is 1. The molecule has 2 rings (SSSR count). The molecule has 0 radical (unpaired) electrons. The van der Waals surface area contributed by atoms with Crippen LogP contribution in [0.1, 0.15) is 41.8 Å². The van der Waals surface area contributed by atoms with Gasteiger partial charge in [-0.3, -0.25) is 0 Å². The first kappa shape index (κ1) is 12.9. The lowest BCUT2D eigenvalue weighted by Crippen LogP contribution is -2.19. The molecule has 1 nitrogen and oxygen atoms in total. The molecule has 1 saturated heterocycles. The Kier molecular flexibility index (Phi) is 4.11. The van der Waals surface area contributed by atoms with E-state index >= 15 is 0 Å². The third-order valence-corrected chi connectivity index (χ3v) is 4.33. The van der Waals surface area contributed by atoms with E-state index in [0.29, 0.717) is 12.0 Å². The highest BCUT2D eigenvalue weighted by atomic mass is 35.5. The van der Waals surface area contributed by atoms with Crippen molar-refractivity contribution < 1.29 is 4.74 Å². The van der Waals surface area contributed by atoms with Gasteiger partial charge in [0.2, 0.25) is 0 Å². The van der Waals surface area contributed by atoms with Crippen molar-refractivity contribution in [3.8, 4) is 0 Å². The third-order valence-electron chi connectivity index (χ3n) is 3.77. The summed E-state index contributed by atoms with van der Waals surface area (Å²) in [6, 6.07) is 6.53. The normalized spacial score (nSPS) is 26.1. The largest absolute Gasteiger partial charge is 0.378 e. The van der Waals surface area contributed by atoms with Gasteiger partial charge in [-0.1, -0.05) is 30.7 Å². The average Bonchev–Trinajstić information content (AvgIpc) is 2.79. The van der Waals surface area contributed by atoms with Crippen molar-refractivity contribution in [2.75, 3.05) is 6.61 Å². The van der Waals surface area contributed by atoms with Crippen molar-refractivity contribution in [1.29, 1.82) is 0 Å². The van der Waals surface area contributed by atoms with E-state index < -0.39 is 0 Å². The molecule has 0 aromatic heterocycles. The van der Waals surface area contributed by atoms with E-state index in [1.807, 2.05) is 0 Å². The molecule has 0 amide bonds. The summed E-state index contributed by atoms with van der Waals surface area (Å²) in [4.78, 5) is 0. The molecule has 1 aromatic carbocycles. The molecule has 1 fully saturated rings. The number of halogens is 1. The van der Waals surface area contributed by atoms with Crippen molar-refractivity contribution in [3.63, 3.8) is 0 Å². The van der Waals surface area contributed by atoms with E-state index in [9.17, 15) is 0 Å². The number of hydrogen-bond acceptors (Lipinski definition) is 1. The number of benzene rings is 1. The fourth-order valence-electron chi connectivity index (χ4n) is 2.71. The minimum absolute atomic E-state index is 0.0855. The van der Waals surface area contributed by atoms with Gasteiger partial charge in [0.05, 0.1) is 11.5 Å². The van der Waals surface area contributed by atoms with Gasteiger partial charge in [0.15, 0.2) is 0 Å². The van der Waals surface area contributed by atoms with E-state index in [2.05, 4.69) is 39.0 Å².